The number of aliphatic hydroxyl groups is 1. The number of thiazole rings is 1. The summed E-state index contributed by atoms with van der Waals surface area (Å²) in [5, 5.41) is 10.7. The van der Waals surface area contributed by atoms with Gasteiger partial charge in [0.05, 0.1) is 16.8 Å². The largest absolute Gasteiger partial charge is 0.393 e. The summed E-state index contributed by atoms with van der Waals surface area (Å²) in [6.07, 6.45) is 6.16. The predicted molar refractivity (Wildman–Crippen MR) is 79.2 cm³/mol. The van der Waals surface area contributed by atoms with Gasteiger partial charge in [-0.25, -0.2) is 4.98 Å². The molecule has 1 saturated carbocycles. The van der Waals surface area contributed by atoms with Crippen molar-refractivity contribution in [1.29, 1.82) is 0 Å². The van der Waals surface area contributed by atoms with Crippen LogP contribution < -0.4 is 0 Å². The lowest BCUT2D eigenvalue weighted by molar-refractivity contribution is 0.0550. The summed E-state index contributed by atoms with van der Waals surface area (Å²) in [5.74, 6) is 0.680. The molecule has 2 heterocycles. The van der Waals surface area contributed by atoms with Gasteiger partial charge in [-0.05, 0) is 32.6 Å². The smallest absolute Gasteiger partial charge is 0.265 e. The van der Waals surface area contributed by atoms with E-state index in [2.05, 4.69) is 4.98 Å². The maximum absolute atomic E-state index is 12.6. The molecule has 3 rings (SSSR count). The normalized spacial score (nSPS) is 21.6. The lowest BCUT2D eigenvalue weighted by Gasteiger charge is -2.29. The van der Waals surface area contributed by atoms with Crippen molar-refractivity contribution >= 4 is 17.2 Å². The van der Waals surface area contributed by atoms with Gasteiger partial charge in [-0.3, -0.25) is 4.79 Å². The fraction of sp³-hybridized carbons (Fsp3) is 0.733. The number of likely N-dealkylation sites (tertiary alicyclic amines) is 1. The first-order valence-electron chi connectivity index (χ1n) is 7.60. The molecule has 0 aromatic carbocycles. The molecule has 0 bridgehead atoms. The Kier molecular flexibility index (Phi) is 4.08. The van der Waals surface area contributed by atoms with Crippen molar-refractivity contribution in [2.75, 3.05) is 13.1 Å². The van der Waals surface area contributed by atoms with Gasteiger partial charge in [0.1, 0.15) is 4.88 Å². The SMILES string of the molecule is Cc1nc(C2CCCC2)sc1C(=O)N1CCC(O)CC1. The molecule has 1 N–H and O–H groups in total. The standard InChI is InChI=1S/C15H22N2O2S/c1-10-13(15(19)17-8-6-12(18)7-9-17)20-14(16-10)11-4-2-3-5-11/h11-12,18H,2-9H2,1H3. The molecule has 4 nitrogen and oxygen atoms in total. The van der Waals surface area contributed by atoms with Crippen LogP contribution in [0.5, 0.6) is 0 Å². The van der Waals surface area contributed by atoms with E-state index in [1.165, 1.54) is 25.7 Å². The number of carbonyl (C=O) groups excluding carboxylic acids is 1. The van der Waals surface area contributed by atoms with Crippen molar-refractivity contribution in [1.82, 2.24) is 9.88 Å². The highest BCUT2D eigenvalue weighted by Crippen LogP contribution is 2.37. The van der Waals surface area contributed by atoms with Gasteiger partial charge in [0, 0.05) is 19.0 Å². The molecule has 2 aliphatic rings. The first kappa shape index (κ1) is 14.0. The predicted octanol–water partition coefficient (Wildman–Crippen LogP) is 2.71. The third kappa shape index (κ3) is 2.74. The molecular formula is C15H22N2O2S. The third-order valence-corrected chi connectivity index (χ3v) is 5.77. The number of rotatable bonds is 2. The number of aryl methyl sites for hydroxylation is 1. The van der Waals surface area contributed by atoms with E-state index in [4.69, 9.17) is 0 Å². The van der Waals surface area contributed by atoms with Crippen LogP contribution in [0.1, 0.15) is 64.8 Å². The minimum absolute atomic E-state index is 0.108. The molecular weight excluding hydrogens is 272 g/mol. The molecule has 20 heavy (non-hydrogen) atoms. The van der Waals surface area contributed by atoms with Gasteiger partial charge < -0.3 is 10.0 Å². The van der Waals surface area contributed by atoms with Crippen molar-refractivity contribution in [3.05, 3.63) is 15.6 Å². The number of nitrogens with zero attached hydrogens (tertiary/aromatic N) is 2. The number of carbonyl (C=O) groups is 1. The zero-order valence-electron chi connectivity index (χ0n) is 12.0. The van der Waals surface area contributed by atoms with Gasteiger partial charge in [0.15, 0.2) is 0 Å². The fourth-order valence-corrected chi connectivity index (χ4v) is 4.38. The van der Waals surface area contributed by atoms with Crippen LogP contribution in [0, 0.1) is 6.92 Å². The lowest BCUT2D eigenvalue weighted by atomic mass is 10.1. The molecule has 2 fully saturated rings. The summed E-state index contributed by atoms with van der Waals surface area (Å²) in [7, 11) is 0. The fourth-order valence-electron chi connectivity index (χ4n) is 3.18. The van der Waals surface area contributed by atoms with E-state index in [1.807, 2.05) is 11.8 Å². The van der Waals surface area contributed by atoms with E-state index in [0.29, 0.717) is 31.8 Å². The second-order valence-electron chi connectivity index (χ2n) is 5.97. The van der Waals surface area contributed by atoms with Crippen LogP contribution in [0.4, 0.5) is 0 Å². The summed E-state index contributed by atoms with van der Waals surface area (Å²) in [6, 6.07) is 0. The van der Waals surface area contributed by atoms with Crippen LogP contribution in [0.25, 0.3) is 0 Å². The average Bonchev–Trinajstić information content (AvgIpc) is 3.08. The van der Waals surface area contributed by atoms with Crippen molar-refractivity contribution in [3.63, 3.8) is 0 Å². The molecule has 5 heteroatoms. The Labute approximate surface area is 123 Å². The zero-order chi connectivity index (χ0) is 14.1. The highest BCUT2D eigenvalue weighted by molar-refractivity contribution is 7.13. The van der Waals surface area contributed by atoms with E-state index in [1.54, 1.807) is 11.3 Å². The highest BCUT2D eigenvalue weighted by atomic mass is 32.1. The number of aliphatic hydroxyl groups excluding tert-OH is 1. The van der Waals surface area contributed by atoms with Crippen molar-refractivity contribution < 1.29 is 9.90 Å². The molecule has 0 radical (unpaired) electrons. The Balaban J connectivity index is 1.74. The van der Waals surface area contributed by atoms with Gasteiger partial charge >= 0.3 is 0 Å². The van der Waals surface area contributed by atoms with Crippen molar-refractivity contribution in [2.24, 2.45) is 0 Å². The van der Waals surface area contributed by atoms with Crippen LogP contribution >= 0.6 is 11.3 Å². The lowest BCUT2D eigenvalue weighted by Crippen LogP contribution is -2.39. The molecule has 0 spiro atoms. The number of aromatic nitrogens is 1. The molecule has 1 amide bonds. The van der Waals surface area contributed by atoms with Crippen LogP contribution in [0.2, 0.25) is 0 Å². The molecule has 1 aliphatic heterocycles. The number of amides is 1. The van der Waals surface area contributed by atoms with Gasteiger partial charge in [0.2, 0.25) is 0 Å². The second-order valence-corrected chi connectivity index (χ2v) is 7.00. The van der Waals surface area contributed by atoms with E-state index in [0.717, 1.165) is 15.6 Å². The summed E-state index contributed by atoms with van der Waals surface area (Å²) in [4.78, 5) is 19.9. The van der Waals surface area contributed by atoms with Crippen LogP contribution in [0.3, 0.4) is 0 Å². The number of piperidine rings is 1. The molecule has 1 aromatic heterocycles. The van der Waals surface area contributed by atoms with Gasteiger partial charge in [-0.2, -0.15) is 0 Å². The molecule has 0 unspecified atom stereocenters. The maximum Gasteiger partial charge on any atom is 0.265 e. The van der Waals surface area contributed by atoms with E-state index in [-0.39, 0.29) is 12.0 Å². The summed E-state index contributed by atoms with van der Waals surface area (Å²) in [6.45, 7) is 3.27. The summed E-state index contributed by atoms with van der Waals surface area (Å²) in [5.41, 5.74) is 0.882. The number of hydrogen-bond donors (Lipinski definition) is 1. The highest BCUT2D eigenvalue weighted by Gasteiger charge is 2.28. The van der Waals surface area contributed by atoms with E-state index >= 15 is 0 Å². The summed E-state index contributed by atoms with van der Waals surface area (Å²) < 4.78 is 0. The van der Waals surface area contributed by atoms with Crippen LogP contribution in [-0.2, 0) is 0 Å². The van der Waals surface area contributed by atoms with Gasteiger partial charge in [-0.15, -0.1) is 11.3 Å². The average molecular weight is 294 g/mol. The van der Waals surface area contributed by atoms with Crippen molar-refractivity contribution in [2.45, 2.75) is 57.5 Å². The molecule has 110 valence electrons. The monoisotopic (exact) mass is 294 g/mol. The van der Waals surface area contributed by atoms with E-state index < -0.39 is 0 Å². The minimum Gasteiger partial charge on any atom is -0.393 e. The van der Waals surface area contributed by atoms with Gasteiger partial charge in [0.25, 0.3) is 5.91 Å². The number of hydrogen-bond acceptors (Lipinski definition) is 4. The Morgan fingerprint density at radius 1 is 1.25 bits per heavy atom. The summed E-state index contributed by atoms with van der Waals surface area (Å²) >= 11 is 1.59. The quantitative estimate of drug-likeness (QED) is 0.912. The first-order chi connectivity index (χ1) is 9.65. The topological polar surface area (TPSA) is 53.4 Å². The molecule has 0 atom stereocenters. The maximum atomic E-state index is 12.6. The van der Waals surface area contributed by atoms with Crippen molar-refractivity contribution in [3.8, 4) is 0 Å². The first-order valence-corrected chi connectivity index (χ1v) is 8.41. The zero-order valence-corrected chi connectivity index (χ0v) is 12.8. The second kappa shape index (κ2) is 5.82. The van der Waals surface area contributed by atoms with E-state index in [9.17, 15) is 9.90 Å². The van der Waals surface area contributed by atoms with Crippen LogP contribution in [-0.4, -0.2) is 40.1 Å². The Morgan fingerprint density at radius 3 is 2.55 bits per heavy atom. The Bertz CT molecular complexity index is 486. The van der Waals surface area contributed by atoms with Gasteiger partial charge in [-0.1, -0.05) is 12.8 Å². The molecule has 1 aliphatic carbocycles. The Hall–Kier alpha value is -0.940. The molecule has 1 aromatic rings. The molecule has 1 saturated heterocycles. The Morgan fingerprint density at radius 2 is 1.90 bits per heavy atom. The minimum atomic E-state index is -0.240. The third-order valence-electron chi connectivity index (χ3n) is 4.46. The van der Waals surface area contributed by atoms with Crippen LogP contribution in [0.15, 0.2) is 0 Å².